The fourth-order valence-corrected chi connectivity index (χ4v) is 6.77. The monoisotopic (exact) mass is 508 g/mol. The van der Waals surface area contributed by atoms with Crippen molar-refractivity contribution in [3.05, 3.63) is 20.8 Å². The van der Waals surface area contributed by atoms with E-state index < -0.39 is 42.8 Å². The van der Waals surface area contributed by atoms with Crippen molar-refractivity contribution in [2.24, 2.45) is 0 Å². The van der Waals surface area contributed by atoms with Gasteiger partial charge in [-0.05, 0) is 0 Å². The van der Waals surface area contributed by atoms with Crippen molar-refractivity contribution < 1.29 is 55.2 Å². The number of alkyl halides is 3. The zero-order chi connectivity index (χ0) is 17.0. The third-order valence-corrected chi connectivity index (χ3v) is 7.54. The van der Waals surface area contributed by atoms with Crippen LogP contribution in [0, 0.1) is 0 Å². The number of halogens is 3. The van der Waals surface area contributed by atoms with Crippen molar-refractivity contribution in [1.29, 1.82) is 0 Å². The van der Waals surface area contributed by atoms with E-state index in [4.69, 9.17) is 4.74 Å². The van der Waals surface area contributed by atoms with Gasteiger partial charge in [0.15, 0.2) is 0 Å². The van der Waals surface area contributed by atoms with Gasteiger partial charge in [-0.2, -0.15) is 0 Å². The van der Waals surface area contributed by atoms with Gasteiger partial charge < -0.3 is 0 Å². The number of ketones is 1. The fourth-order valence-electron chi connectivity index (χ4n) is 2.28. The number of rotatable bonds is 6. The number of hydrogen-bond acceptors (Lipinski definition) is 4. The normalized spacial score (nSPS) is 23.5. The first-order valence-electron chi connectivity index (χ1n) is 6.92. The molecule has 0 aromatic rings. The Bertz CT molecular complexity index is 511. The van der Waals surface area contributed by atoms with Crippen LogP contribution < -0.4 is 0 Å². The van der Waals surface area contributed by atoms with E-state index in [2.05, 4.69) is 2.64 Å². The molecular formula is C14H17F3HgO4. The number of ether oxygens (including phenoxy) is 1. The number of methoxy groups -OCH3 is 1. The Morgan fingerprint density at radius 2 is 2.09 bits per heavy atom. The van der Waals surface area contributed by atoms with Crippen molar-refractivity contribution in [3.63, 3.8) is 0 Å². The van der Waals surface area contributed by atoms with Gasteiger partial charge in [0.2, 0.25) is 0 Å². The van der Waals surface area contributed by atoms with Gasteiger partial charge in [-0.3, -0.25) is 0 Å². The summed E-state index contributed by atoms with van der Waals surface area (Å²) < 4.78 is 47.4. The van der Waals surface area contributed by atoms with Crippen LogP contribution in [0.15, 0.2) is 20.8 Å². The first-order valence-corrected chi connectivity index (χ1v) is 12.3. The molecule has 0 amide bonds. The summed E-state index contributed by atoms with van der Waals surface area (Å²) in [5, 5.41) is 0. The van der Waals surface area contributed by atoms with Gasteiger partial charge in [-0.15, -0.1) is 0 Å². The zero-order valence-corrected chi connectivity index (χ0v) is 18.2. The van der Waals surface area contributed by atoms with Crippen LogP contribution in [-0.4, -0.2) is 30.6 Å². The molecule has 0 heterocycles. The summed E-state index contributed by atoms with van der Waals surface area (Å²) >= 11 is -2.76. The van der Waals surface area contributed by atoms with E-state index in [9.17, 15) is 22.8 Å². The quantitative estimate of drug-likeness (QED) is 0.410. The molecule has 120 valence electrons. The minimum atomic E-state index is -4.99. The third-order valence-electron chi connectivity index (χ3n) is 3.64. The molecule has 0 saturated heterocycles. The number of hydrogen-bond donors (Lipinski definition) is 0. The molecule has 0 aromatic heterocycles. The zero-order valence-electron chi connectivity index (χ0n) is 12.8. The molecule has 4 nitrogen and oxygen atoms in total. The molecule has 0 spiro atoms. The Balaban J connectivity index is 2.84. The molecule has 0 N–H and O–H groups in total. The van der Waals surface area contributed by atoms with Crippen LogP contribution >= 0.6 is 0 Å². The third kappa shape index (κ3) is 4.41. The van der Waals surface area contributed by atoms with Crippen molar-refractivity contribution >= 4 is 11.8 Å². The van der Waals surface area contributed by atoms with E-state index in [-0.39, 0.29) is 11.4 Å². The maximum atomic E-state index is 12.1. The van der Waals surface area contributed by atoms with Crippen molar-refractivity contribution in [2.75, 3.05) is 7.11 Å². The summed E-state index contributed by atoms with van der Waals surface area (Å²) in [5.74, 6) is -2.46. The molecule has 0 bridgehead atoms. The van der Waals surface area contributed by atoms with E-state index in [0.29, 0.717) is 6.42 Å². The summed E-state index contributed by atoms with van der Waals surface area (Å²) in [6.07, 6.45) is -0.993. The average Bonchev–Trinajstić information content (AvgIpc) is 2.68. The molecule has 1 unspecified atom stereocenters. The van der Waals surface area contributed by atoms with Gasteiger partial charge in [-0.1, -0.05) is 0 Å². The Labute approximate surface area is 139 Å². The Morgan fingerprint density at radius 1 is 1.45 bits per heavy atom. The van der Waals surface area contributed by atoms with E-state index in [0.717, 1.165) is 18.4 Å². The van der Waals surface area contributed by atoms with Gasteiger partial charge in [-0.25, -0.2) is 0 Å². The minimum absolute atomic E-state index is 0.279. The first-order chi connectivity index (χ1) is 10.2. The molecule has 0 aliphatic heterocycles. The van der Waals surface area contributed by atoms with Gasteiger partial charge in [0.1, 0.15) is 0 Å². The van der Waals surface area contributed by atoms with Gasteiger partial charge in [0.25, 0.3) is 0 Å². The summed E-state index contributed by atoms with van der Waals surface area (Å²) in [6.45, 7) is 3.73. The number of allylic oxidation sites excluding steroid dienone is 1. The number of unbranched alkanes of at least 4 members (excludes halogenated alkanes) is 1. The van der Waals surface area contributed by atoms with Crippen LogP contribution in [0.3, 0.4) is 0 Å². The topological polar surface area (TPSA) is 52.6 Å². The van der Waals surface area contributed by atoms with Crippen LogP contribution in [0.1, 0.15) is 33.1 Å². The van der Waals surface area contributed by atoms with E-state index in [1.807, 2.05) is 6.92 Å². The van der Waals surface area contributed by atoms with Crippen LogP contribution in [0.25, 0.3) is 0 Å². The van der Waals surface area contributed by atoms with Crippen LogP contribution in [0.2, 0.25) is 0 Å². The SMILES string of the molecule is CCCCC1=CC(=O)/C(=[CH]\[Hg][O]C(=O)C(F)(F)F)C1(C)OC. The van der Waals surface area contributed by atoms with E-state index in [1.54, 1.807) is 6.92 Å². The standard InChI is InChI=1S/C12H17O2.C2HF3O2.Hg/c1-5-6-7-10-8-11(13)9(2)12(10,3)14-4;3-2(4,5)1(6)7;/h2,8H,5-7H2,1,3-4H3;(H,6,7);/q;;+1/p-1. The van der Waals surface area contributed by atoms with E-state index in [1.165, 1.54) is 16.8 Å². The first kappa shape index (κ1) is 19.4. The van der Waals surface area contributed by atoms with Gasteiger partial charge >= 0.3 is 140 Å². The summed E-state index contributed by atoms with van der Waals surface area (Å²) in [7, 11) is 1.45. The molecule has 0 fully saturated rings. The summed E-state index contributed by atoms with van der Waals surface area (Å²) in [6, 6.07) is 0. The fraction of sp³-hybridized carbons (Fsp3) is 0.571. The molecule has 1 aliphatic rings. The number of carbonyl (C=O) groups excluding carboxylic acids is 2. The van der Waals surface area contributed by atoms with Crippen LogP contribution in [-0.2, 0) is 42.0 Å². The predicted octanol–water partition coefficient (Wildman–Crippen LogP) is 3.08. The van der Waals surface area contributed by atoms with Gasteiger partial charge in [0.05, 0.1) is 0 Å². The molecule has 0 aromatic carbocycles. The molecule has 0 saturated carbocycles. The van der Waals surface area contributed by atoms with Crippen LogP contribution in [0.4, 0.5) is 13.2 Å². The Kier molecular flexibility index (Phi) is 6.79. The predicted molar refractivity (Wildman–Crippen MR) is 68.3 cm³/mol. The number of carbonyl (C=O) groups is 2. The average molecular weight is 507 g/mol. The van der Waals surface area contributed by atoms with Crippen molar-refractivity contribution in [2.45, 2.75) is 44.9 Å². The second-order valence-electron chi connectivity index (χ2n) is 5.09. The molecule has 1 aliphatic carbocycles. The molecular weight excluding hydrogens is 490 g/mol. The van der Waals surface area contributed by atoms with Gasteiger partial charge in [0, 0.05) is 0 Å². The molecule has 8 heteroatoms. The second-order valence-corrected chi connectivity index (χ2v) is 9.09. The summed E-state index contributed by atoms with van der Waals surface area (Å²) in [5.41, 5.74) is 0.165. The maximum absolute atomic E-state index is 12.1. The van der Waals surface area contributed by atoms with Crippen LogP contribution in [0.5, 0.6) is 0 Å². The molecule has 22 heavy (non-hydrogen) atoms. The molecule has 1 atom stereocenters. The second kappa shape index (κ2) is 7.72. The molecule has 0 radical (unpaired) electrons. The molecule has 1 rings (SSSR count). The van der Waals surface area contributed by atoms with Crippen molar-refractivity contribution in [3.8, 4) is 0 Å². The summed E-state index contributed by atoms with van der Waals surface area (Å²) in [4.78, 5) is 22.7. The van der Waals surface area contributed by atoms with E-state index >= 15 is 0 Å². The Morgan fingerprint density at radius 3 is 2.59 bits per heavy atom. The Hall–Kier alpha value is -0.695. The van der Waals surface area contributed by atoms with Crippen molar-refractivity contribution in [1.82, 2.24) is 0 Å².